The van der Waals surface area contributed by atoms with Gasteiger partial charge in [-0.1, -0.05) is 13.8 Å². The van der Waals surface area contributed by atoms with Crippen LogP contribution >= 0.6 is 0 Å². The Kier molecular flexibility index (Phi) is 2.06. The van der Waals surface area contributed by atoms with E-state index in [1.165, 1.54) is 6.39 Å². The lowest BCUT2D eigenvalue weighted by Gasteiger charge is -1.99. The number of nitrogens with zero attached hydrogens (tertiary/aromatic N) is 1. The first-order chi connectivity index (χ1) is 4.75. The average molecular weight is 140 g/mol. The molecule has 1 heterocycles. The number of hydrogen-bond donors (Lipinski definition) is 1. The number of nitrogens with two attached hydrogens (primary N) is 1. The van der Waals surface area contributed by atoms with Crippen LogP contribution in [0.5, 0.6) is 0 Å². The number of oxazole rings is 1. The third kappa shape index (κ3) is 1.19. The van der Waals surface area contributed by atoms with Gasteiger partial charge in [0.05, 0.1) is 5.69 Å². The second-order valence-electron chi connectivity index (χ2n) is 2.52. The molecule has 0 bridgehead atoms. The molecule has 0 radical (unpaired) electrons. The first kappa shape index (κ1) is 7.28. The summed E-state index contributed by atoms with van der Waals surface area (Å²) in [7, 11) is 0. The van der Waals surface area contributed by atoms with Crippen LogP contribution < -0.4 is 5.73 Å². The van der Waals surface area contributed by atoms with Gasteiger partial charge in [-0.2, -0.15) is 0 Å². The van der Waals surface area contributed by atoms with E-state index < -0.39 is 0 Å². The van der Waals surface area contributed by atoms with Gasteiger partial charge in [0.15, 0.2) is 6.39 Å². The smallest absolute Gasteiger partial charge is 0.181 e. The van der Waals surface area contributed by atoms with Crippen molar-refractivity contribution in [1.82, 2.24) is 4.98 Å². The van der Waals surface area contributed by atoms with Crippen LogP contribution in [0.4, 0.5) is 0 Å². The van der Waals surface area contributed by atoms with Crippen LogP contribution in [0, 0.1) is 0 Å². The highest BCUT2D eigenvalue weighted by atomic mass is 16.3. The van der Waals surface area contributed by atoms with Gasteiger partial charge in [-0.3, -0.25) is 0 Å². The Morgan fingerprint density at radius 2 is 2.40 bits per heavy atom. The molecule has 0 fully saturated rings. The van der Waals surface area contributed by atoms with E-state index in [0.717, 1.165) is 11.5 Å². The summed E-state index contributed by atoms with van der Waals surface area (Å²) in [4.78, 5) is 3.96. The van der Waals surface area contributed by atoms with Gasteiger partial charge in [0, 0.05) is 12.5 Å². The van der Waals surface area contributed by atoms with Crippen LogP contribution in [0.3, 0.4) is 0 Å². The van der Waals surface area contributed by atoms with Crippen molar-refractivity contribution in [2.45, 2.75) is 26.3 Å². The van der Waals surface area contributed by atoms with Gasteiger partial charge in [0.2, 0.25) is 0 Å². The van der Waals surface area contributed by atoms with E-state index in [-0.39, 0.29) is 0 Å². The fraction of sp³-hybridized carbons (Fsp3) is 0.571. The SMILES string of the molecule is CC(C)c1ocnc1CN. The third-order valence-electron chi connectivity index (χ3n) is 1.39. The van der Waals surface area contributed by atoms with Crippen molar-refractivity contribution in [2.75, 3.05) is 0 Å². The van der Waals surface area contributed by atoms with Crippen LogP contribution in [-0.2, 0) is 6.54 Å². The van der Waals surface area contributed by atoms with Crippen molar-refractivity contribution in [2.24, 2.45) is 5.73 Å². The minimum Gasteiger partial charge on any atom is -0.448 e. The summed E-state index contributed by atoms with van der Waals surface area (Å²) in [5.74, 6) is 1.28. The van der Waals surface area contributed by atoms with E-state index in [0.29, 0.717) is 12.5 Å². The maximum atomic E-state index is 5.41. The minimum atomic E-state index is 0.376. The molecule has 10 heavy (non-hydrogen) atoms. The molecule has 2 N–H and O–H groups in total. The van der Waals surface area contributed by atoms with Crippen molar-refractivity contribution in [3.63, 3.8) is 0 Å². The summed E-state index contributed by atoms with van der Waals surface area (Å²) < 4.78 is 5.13. The van der Waals surface area contributed by atoms with Crippen LogP contribution in [-0.4, -0.2) is 4.98 Å². The molecule has 0 aliphatic heterocycles. The van der Waals surface area contributed by atoms with Crippen molar-refractivity contribution < 1.29 is 4.42 Å². The quantitative estimate of drug-likeness (QED) is 0.672. The monoisotopic (exact) mass is 140 g/mol. The number of aromatic nitrogens is 1. The Balaban J connectivity index is 2.90. The molecule has 0 aliphatic rings. The summed E-state index contributed by atoms with van der Waals surface area (Å²) in [6.07, 6.45) is 1.44. The summed E-state index contributed by atoms with van der Waals surface area (Å²) in [5, 5.41) is 0. The fourth-order valence-corrected chi connectivity index (χ4v) is 0.901. The zero-order valence-electron chi connectivity index (χ0n) is 6.29. The number of rotatable bonds is 2. The molecule has 1 aromatic rings. The number of hydrogen-bond acceptors (Lipinski definition) is 3. The predicted molar refractivity (Wildman–Crippen MR) is 38.5 cm³/mol. The predicted octanol–water partition coefficient (Wildman–Crippen LogP) is 1.26. The largest absolute Gasteiger partial charge is 0.448 e. The average Bonchev–Trinajstić information content (AvgIpc) is 2.33. The van der Waals surface area contributed by atoms with Crippen molar-refractivity contribution in [3.8, 4) is 0 Å². The van der Waals surface area contributed by atoms with E-state index in [1.807, 2.05) is 0 Å². The molecule has 0 atom stereocenters. The van der Waals surface area contributed by atoms with Crippen LogP contribution in [0.25, 0.3) is 0 Å². The third-order valence-corrected chi connectivity index (χ3v) is 1.39. The van der Waals surface area contributed by atoms with Crippen LogP contribution in [0.2, 0.25) is 0 Å². The fourth-order valence-electron chi connectivity index (χ4n) is 0.901. The highest BCUT2D eigenvalue weighted by molar-refractivity contribution is 5.10. The Morgan fingerprint density at radius 3 is 2.80 bits per heavy atom. The van der Waals surface area contributed by atoms with Gasteiger partial charge in [-0.25, -0.2) is 4.98 Å². The molecular formula is C7H12N2O. The second-order valence-corrected chi connectivity index (χ2v) is 2.52. The van der Waals surface area contributed by atoms with Gasteiger partial charge in [0.1, 0.15) is 5.76 Å². The molecule has 0 spiro atoms. The van der Waals surface area contributed by atoms with Gasteiger partial charge in [-0.15, -0.1) is 0 Å². The zero-order valence-corrected chi connectivity index (χ0v) is 6.29. The topological polar surface area (TPSA) is 52.0 Å². The maximum absolute atomic E-state index is 5.41. The Hall–Kier alpha value is -0.830. The Bertz CT molecular complexity index is 205. The molecule has 0 saturated carbocycles. The molecule has 3 nitrogen and oxygen atoms in total. The van der Waals surface area contributed by atoms with Gasteiger partial charge < -0.3 is 10.2 Å². The van der Waals surface area contributed by atoms with E-state index in [1.54, 1.807) is 0 Å². The van der Waals surface area contributed by atoms with Gasteiger partial charge in [0.25, 0.3) is 0 Å². The highest BCUT2D eigenvalue weighted by Gasteiger charge is 2.09. The van der Waals surface area contributed by atoms with Crippen molar-refractivity contribution >= 4 is 0 Å². The molecule has 1 aromatic heterocycles. The van der Waals surface area contributed by atoms with Gasteiger partial charge >= 0.3 is 0 Å². The molecule has 56 valence electrons. The van der Waals surface area contributed by atoms with E-state index >= 15 is 0 Å². The molecule has 0 saturated heterocycles. The van der Waals surface area contributed by atoms with Crippen LogP contribution in [0.1, 0.15) is 31.2 Å². The molecular weight excluding hydrogens is 128 g/mol. The second kappa shape index (κ2) is 2.84. The van der Waals surface area contributed by atoms with E-state index in [2.05, 4.69) is 18.8 Å². The van der Waals surface area contributed by atoms with Crippen molar-refractivity contribution in [3.05, 3.63) is 17.8 Å². The van der Waals surface area contributed by atoms with E-state index in [4.69, 9.17) is 10.2 Å². The lowest BCUT2D eigenvalue weighted by Crippen LogP contribution is -2.01. The summed E-state index contributed by atoms with van der Waals surface area (Å²) in [6, 6.07) is 0. The normalized spacial score (nSPS) is 10.8. The molecule has 1 rings (SSSR count). The lowest BCUT2D eigenvalue weighted by atomic mass is 10.1. The standard InChI is InChI=1S/C7H12N2O/c1-5(2)7-6(3-8)9-4-10-7/h4-5H,3,8H2,1-2H3. The molecule has 0 amide bonds. The summed E-state index contributed by atoms with van der Waals surface area (Å²) in [5.41, 5.74) is 6.28. The Labute approximate surface area is 60.2 Å². The first-order valence-corrected chi connectivity index (χ1v) is 3.38. The minimum absolute atomic E-state index is 0.376. The molecule has 0 aliphatic carbocycles. The van der Waals surface area contributed by atoms with Gasteiger partial charge in [-0.05, 0) is 0 Å². The Morgan fingerprint density at radius 1 is 1.70 bits per heavy atom. The van der Waals surface area contributed by atoms with E-state index in [9.17, 15) is 0 Å². The summed E-state index contributed by atoms with van der Waals surface area (Å²) in [6.45, 7) is 4.57. The lowest BCUT2D eigenvalue weighted by molar-refractivity contribution is 0.479. The summed E-state index contributed by atoms with van der Waals surface area (Å²) >= 11 is 0. The molecule has 0 aromatic carbocycles. The maximum Gasteiger partial charge on any atom is 0.181 e. The molecule has 0 unspecified atom stereocenters. The zero-order chi connectivity index (χ0) is 7.56. The highest BCUT2D eigenvalue weighted by Crippen LogP contribution is 2.16. The van der Waals surface area contributed by atoms with Crippen LogP contribution in [0.15, 0.2) is 10.8 Å². The van der Waals surface area contributed by atoms with Crippen molar-refractivity contribution in [1.29, 1.82) is 0 Å². The molecule has 3 heteroatoms. The first-order valence-electron chi connectivity index (χ1n) is 3.38.